The van der Waals surface area contributed by atoms with Gasteiger partial charge in [-0.2, -0.15) is 20.1 Å². The van der Waals surface area contributed by atoms with Gasteiger partial charge in [0, 0.05) is 32.6 Å². The minimum atomic E-state index is -0.526. The zero-order valence-electron chi connectivity index (χ0n) is 13.5. The molecule has 1 amide bonds. The summed E-state index contributed by atoms with van der Waals surface area (Å²) < 4.78 is 1.78. The molecule has 130 valence electrons. The lowest BCUT2D eigenvalue weighted by Gasteiger charge is -2.16. The molecule has 2 aromatic rings. The number of halogens is 1. The molecule has 1 aliphatic rings. The van der Waals surface area contributed by atoms with E-state index in [1.54, 1.807) is 30.3 Å². The van der Waals surface area contributed by atoms with E-state index < -0.39 is 6.10 Å². The van der Waals surface area contributed by atoms with Gasteiger partial charge >= 0.3 is 0 Å². The van der Waals surface area contributed by atoms with Gasteiger partial charge in [-0.05, 0) is 18.8 Å². The number of hydrogen-bond acceptors (Lipinski definition) is 5. The highest BCUT2D eigenvalue weighted by molar-refractivity contribution is 6.30. The Morgan fingerprint density at radius 1 is 1.42 bits per heavy atom. The first-order valence-electron chi connectivity index (χ1n) is 8.00. The van der Waals surface area contributed by atoms with Crippen LogP contribution in [0, 0.1) is 5.92 Å². The van der Waals surface area contributed by atoms with E-state index in [4.69, 9.17) is 11.6 Å². The van der Waals surface area contributed by atoms with Crippen LogP contribution in [0.25, 0.3) is 0 Å². The van der Waals surface area contributed by atoms with Gasteiger partial charge in [-0.3, -0.25) is 9.48 Å². The summed E-state index contributed by atoms with van der Waals surface area (Å²) in [6.07, 6.45) is 6.74. The van der Waals surface area contributed by atoms with Crippen molar-refractivity contribution in [2.24, 2.45) is 13.0 Å². The average Bonchev–Trinajstić information content (AvgIpc) is 3.20. The minimum absolute atomic E-state index is 0.0764. The fourth-order valence-corrected chi connectivity index (χ4v) is 3.30. The number of nitrogens with one attached hydrogen (secondary N) is 1. The van der Waals surface area contributed by atoms with Gasteiger partial charge in [0.15, 0.2) is 0 Å². The van der Waals surface area contributed by atoms with Crippen molar-refractivity contribution < 1.29 is 9.90 Å². The first-order valence-corrected chi connectivity index (χ1v) is 8.38. The molecule has 8 nitrogen and oxygen atoms in total. The fraction of sp³-hybridized carbons (Fsp3) is 0.600. The normalized spacial score (nSPS) is 23.5. The standard InChI is InChI=1S/C15H21ClN6O2/c1-21-17-7-12(20-21)2-3-15(24)19-13-4-10(5-14(13)23)8-22-9-11(16)6-18-22/h6-7,9-10,13-14,23H,2-5,8H2,1H3,(H,19,24)/t10?,13-,14-/m1/s1. The Labute approximate surface area is 144 Å². The van der Waals surface area contributed by atoms with Crippen molar-refractivity contribution in [1.82, 2.24) is 30.1 Å². The average molecular weight is 353 g/mol. The van der Waals surface area contributed by atoms with Crippen LogP contribution < -0.4 is 5.32 Å². The van der Waals surface area contributed by atoms with Gasteiger partial charge in [0.2, 0.25) is 5.91 Å². The van der Waals surface area contributed by atoms with Gasteiger partial charge in [-0.1, -0.05) is 11.6 Å². The molecule has 0 spiro atoms. The van der Waals surface area contributed by atoms with Crippen LogP contribution in [-0.2, 0) is 24.8 Å². The maximum absolute atomic E-state index is 12.1. The number of nitrogens with zero attached hydrogens (tertiary/aromatic N) is 5. The summed E-state index contributed by atoms with van der Waals surface area (Å²) in [6.45, 7) is 0.690. The van der Waals surface area contributed by atoms with E-state index in [0.29, 0.717) is 30.8 Å². The topological polar surface area (TPSA) is 97.9 Å². The quantitative estimate of drug-likeness (QED) is 0.791. The van der Waals surface area contributed by atoms with E-state index in [1.807, 2.05) is 0 Å². The van der Waals surface area contributed by atoms with Crippen molar-refractivity contribution in [2.75, 3.05) is 0 Å². The number of aliphatic hydroxyl groups is 1. The van der Waals surface area contributed by atoms with Crippen LogP contribution in [0.15, 0.2) is 18.6 Å². The molecular formula is C15H21ClN6O2. The Hall–Kier alpha value is -1.93. The number of rotatable bonds is 6. The van der Waals surface area contributed by atoms with E-state index in [9.17, 15) is 9.90 Å². The van der Waals surface area contributed by atoms with Gasteiger partial charge in [-0.25, -0.2) is 0 Å². The van der Waals surface area contributed by atoms with Crippen LogP contribution in [0.4, 0.5) is 0 Å². The molecule has 9 heteroatoms. The first kappa shape index (κ1) is 16.9. The molecule has 1 aliphatic carbocycles. The summed E-state index contributed by atoms with van der Waals surface area (Å²) in [5.41, 5.74) is 0.785. The Kier molecular flexibility index (Phi) is 5.15. The molecule has 3 rings (SSSR count). The molecule has 0 aromatic carbocycles. The SMILES string of the molecule is Cn1ncc(CCC(=O)N[C@@H]2CC(Cn3cc(Cl)cn3)C[C@H]2O)n1. The van der Waals surface area contributed by atoms with E-state index >= 15 is 0 Å². The molecule has 2 aromatic heterocycles. The highest BCUT2D eigenvalue weighted by Gasteiger charge is 2.34. The molecule has 1 fully saturated rings. The van der Waals surface area contributed by atoms with Crippen LogP contribution in [0.1, 0.15) is 25.0 Å². The number of amides is 1. The van der Waals surface area contributed by atoms with Crippen molar-refractivity contribution in [2.45, 2.75) is 44.4 Å². The van der Waals surface area contributed by atoms with Crippen LogP contribution in [0.2, 0.25) is 5.02 Å². The Bertz CT molecular complexity index is 700. The molecule has 1 unspecified atom stereocenters. The molecule has 3 atom stereocenters. The molecule has 0 aliphatic heterocycles. The lowest BCUT2D eigenvalue weighted by molar-refractivity contribution is -0.122. The monoisotopic (exact) mass is 352 g/mol. The zero-order chi connectivity index (χ0) is 17.1. The minimum Gasteiger partial charge on any atom is -0.391 e. The zero-order valence-corrected chi connectivity index (χ0v) is 14.2. The van der Waals surface area contributed by atoms with Gasteiger partial charge in [0.05, 0.1) is 35.3 Å². The Morgan fingerprint density at radius 3 is 2.92 bits per heavy atom. The van der Waals surface area contributed by atoms with Crippen molar-refractivity contribution in [3.63, 3.8) is 0 Å². The van der Waals surface area contributed by atoms with Gasteiger partial charge in [0.1, 0.15) is 0 Å². The summed E-state index contributed by atoms with van der Waals surface area (Å²) in [5, 5.41) is 26.0. The number of aromatic nitrogens is 5. The second-order valence-electron chi connectivity index (χ2n) is 6.28. The van der Waals surface area contributed by atoms with Crippen molar-refractivity contribution in [1.29, 1.82) is 0 Å². The molecule has 1 saturated carbocycles. The van der Waals surface area contributed by atoms with E-state index in [-0.39, 0.29) is 17.9 Å². The smallest absolute Gasteiger partial charge is 0.220 e. The molecule has 2 heterocycles. The third-order valence-electron chi connectivity index (χ3n) is 4.28. The summed E-state index contributed by atoms with van der Waals surface area (Å²) >= 11 is 5.86. The van der Waals surface area contributed by atoms with Crippen LogP contribution >= 0.6 is 11.6 Å². The lowest BCUT2D eigenvalue weighted by Crippen LogP contribution is -2.40. The maximum Gasteiger partial charge on any atom is 0.220 e. The third-order valence-corrected chi connectivity index (χ3v) is 4.47. The first-order chi connectivity index (χ1) is 11.5. The molecule has 24 heavy (non-hydrogen) atoms. The van der Waals surface area contributed by atoms with Crippen molar-refractivity contribution in [3.05, 3.63) is 29.3 Å². The van der Waals surface area contributed by atoms with E-state index in [2.05, 4.69) is 20.6 Å². The van der Waals surface area contributed by atoms with E-state index in [0.717, 1.165) is 12.1 Å². The molecular weight excluding hydrogens is 332 g/mol. The third kappa shape index (κ3) is 4.33. The largest absolute Gasteiger partial charge is 0.391 e. The van der Waals surface area contributed by atoms with Gasteiger partial charge < -0.3 is 10.4 Å². The number of carbonyl (C=O) groups is 1. The highest BCUT2D eigenvalue weighted by Crippen LogP contribution is 2.27. The van der Waals surface area contributed by atoms with Gasteiger partial charge in [-0.15, -0.1) is 0 Å². The summed E-state index contributed by atoms with van der Waals surface area (Å²) in [4.78, 5) is 13.6. The van der Waals surface area contributed by atoms with Crippen LogP contribution in [-0.4, -0.2) is 47.9 Å². The molecule has 2 N–H and O–H groups in total. The van der Waals surface area contributed by atoms with Crippen molar-refractivity contribution >= 4 is 17.5 Å². The predicted octanol–water partition coefficient (Wildman–Crippen LogP) is 0.553. The Morgan fingerprint density at radius 2 is 2.25 bits per heavy atom. The predicted molar refractivity (Wildman–Crippen MR) is 87.2 cm³/mol. The molecule has 0 saturated heterocycles. The maximum atomic E-state index is 12.1. The number of carbonyl (C=O) groups excluding carboxylic acids is 1. The fourth-order valence-electron chi connectivity index (χ4n) is 3.15. The lowest BCUT2D eigenvalue weighted by atomic mass is 10.1. The highest BCUT2D eigenvalue weighted by atomic mass is 35.5. The number of hydrogen-bond donors (Lipinski definition) is 2. The second kappa shape index (κ2) is 7.31. The summed E-state index contributed by atoms with van der Waals surface area (Å²) in [7, 11) is 1.74. The summed E-state index contributed by atoms with van der Waals surface area (Å²) in [5.74, 6) is 0.189. The Balaban J connectivity index is 1.45. The molecule has 0 bridgehead atoms. The van der Waals surface area contributed by atoms with Crippen LogP contribution in [0.5, 0.6) is 0 Å². The van der Waals surface area contributed by atoms with Gasteiger partial charge in [0.25, 0.3) is 0 Å². The van der Waals surface area contributed by atoms with Crippen molar-refractivity contribution in [3.8, 4) is 0 Å². The second-order valence-corrected chi connectivity index (χ2v) is 6.72. The molecule has 0 radical (unpaired) electrons. The number of aliphatic hydroxyl groups excluding tert-OH is 1. The number of aryl methyl sites for hydroxylation is 2. The summed E-state index contributed by atoms with van der Waals surface area (Å²) in [6, 6.07) is -0.213. The van der Waals surface area contributed by atoms with Crippen LogP contribution in [0.3, 0.4) is 0 Å². The van der Waals surface area contributed by atoms with E-state index in [1.165, 1.54) is 4.80 Å².